The van der Waals surface area contributed by atoms with Gasteiger partial charge in [0.2, 0.25) is 11.8 Å². The molecule has 0 aliphatic carbocycles. The second kappa shape index (κ2) is 9.30. The van der Waals surface area contributed by atoms with Gasteiger partial charge in [-0.3, -0.25) is 14.5 Å². The Balaban J connectivity index is 1.33. The van der Waals surface area contributed by atoms with Crippen LogP contribution in [0.4, 0.5) is 0 Å². The van der Waals surface area contributed by atoms with Gasteiger partial charge in [-0.1, -0.05) is 6.08 Å². The predicted molar refractivity (Wildman–Crippen MR) is 118 cm³/mol. The van der Waals surface area contributed by atoms with E-state index in [1.54, 1.807) is 25.2 Å². The van der Waals surface area contributed by atoms with Gasteiger partial charge < -0.3 is 19.3 Å². The Kier molecular flexibility index (Phi) is 6.51. The van der Waals surface area contributed by atoms with E-state index in [1.807, 2.05) is 4.90 Å². The first kappa shape index (κ1) is 21.7. The Morgan fingerprint density at radius 2 is 1.81 bits per heavy atom. The summed E-state index contributed by atoms with van der Waals surface area (Å²) in [5.41, 5.74) is 2.63. The van der Waals surface area contributed by atoms with Crippen LogP contribution in [0.25, 0.3) is 0 Å². The third-order valence-corrected chi connectivity index (χ3v) is 6.95. The Hall–Kier alpha value is -2.54. The summed E-state index contributed by atoms with van der Waals surface area (Å²) in [7, 11) is 3.35. The van der Waals surface area contributed by atoms with Crippen LogP contribution in [-0.4, -0.2) is 79.5 Å². The number of carbonyl (C=O) groups is 2. The molecular weight excluding hydrogens is 394 g/mol. The van der Waals surface area contributed by atoms with E-state index in [-0.39, 0.29) is 17.7 Å². The Bertz CT molecular complexity index is 847. The lowest BCUT2D eigenvalue weighted by Crippen LogP contribution is -2.49. The van der Waals surface area contributed by atoms with Gasteiger partial charge in [-0.2, -0.15) is 0 Å². The van der Waals surface area contributed by atoms with E-state index in [0.717, 1.165) is 56.9 Å². The van der Waals surface area contributed by atoms with Crippen LogP contribution >= 0.6 is 0 Å². The summed E-state index contributed by atoms with van der Waals surface area (Å²) in [4.78, 5) is 31.3. The number of hydrogen-bond donors (Lipinski definition) is 0. The van der Waals surface area contributed by atoms with Crippen LogP contribution in [0.1, 0.15) is 30.4 Å². The van der Waals surface area contributed by atoms with Crippen LogP contribution < -0.4 is 9.47 Å². The van der Waals surface area contributed by atoms with Crippen molar-refractivity contribution in [3.63, 3.8) is 0 Å². The van der Waals surface area contributed by atoms with Gasteiger partial charge in [0.25, 0.3) is 0 Å². The van der Waals surface area contributed by atoms with Crippen molar-refractivity contribution in [2.45, 2.75) is 38.3 Å². The first-order valence-corrected chi connectivity index (χ1v) is 11.2. The molecule has 1 aromatic rings. The number of methoxy groups -OCH3 is 2. The SMILES string of the molecule is C=CCN1CC(C(=O)N2CCC(N3CCc4cc(OC)c(OC)cc4C3)CC2)CC1=O. The number of benzene rings is 1. The summed E-state index contributed by atoms with van der Waals surface area (Å²) < 4.78 is 10.9. The van der Waals surface area contributed by atoms with Crippen LogP contribution in [0.15, 0.2) is 24.8 Å². The van der Waals surface area contributed by atoms with Gasteiger partial charge in [0, 0.05) is 51.7 Å². The maximum absolute atomic E-state index is 13.0. The van der Waals surface area contributed by atoms with Gasteiger partial charge in [-0.15, -0.1) is 6.58 Å². The van der Waals surface area contributed by atoms with Crippen LogP contribution in [0.3, 0.4) is 0 Å². The summed E-state index contributed by atoms with van der Waals surface area (Å²) in [6, 6.07) is 4.68. The molecule has 3 heterocycles. The van der Waals surface area contributed by atoms with E-state index in [4.69, 9.17) is 9.47 Å². The summed E-state index contributed by atoms with van der Waals surface area (Å²) in [5, 5.41) is 0. The molecule has 168 valence electrons. The third-order valence-electron chi connectivity index (χ3n) is 6.95. The monoisotopic (exact) mass is 427 g/mol. The molecule has 1 aromatic carbocycles. The van der Waals surface area contributed by atoms with E-state index < -0.39 is 0 Å². The predicted octanol–water partition coefficient (Wildman–Crippen LogP) is 2.09. The smallest absolute Gasteiger partial charge is 0.227 e. The molecule has 3 aliphatic heterocycles. The Morgan fingerprint density at radius 3 is 2.45 bits per heavy atom. The molecule has 7 nitrogen and oxygen atoms in total. The largest absolute Gasteiger partial charge is 0.493 e. The highest BCUT2D eigenvalue weighted by Gasteiger charge is 2.37. The number of piperidine rings is 1. The number of nitrogens with zero attached hydrogens (tertiary/aromatic N) is 3. The topological polar surface area (TPSA) is 62.3 Å². The van der Waals surface area contributed by atoms with Gasteiger partial charge in [-0.05, 0) is 42.5 Å². The van der Waals surface area contributed by atoms with Crippen molar-refractivity contribution in [3.8, 4) is 11.5 Å². The molecule has 2 amide bonds. The number of carbonyl (C=O) groups excluding carboxylic acids is 2. The molecule has 2 fully saturated rings. The van der Waals surface area contributed by atoms with Crippen molar-refractivity contribution in [2.75, 3.05) is 46.9 Å². The molecule has 0 saturated carbocycles. The zero-order valence-electron chi connectivity index (χ0n) is 18.6. The fourth-order valence-corrected chi connectivity index (χ4v) is 5.20. The lowest BCUT2D eigenvalue weighted by Gasteiger charge is -2.41. The molecule has 0 bridgehead atoms. The molecule has 0 aromatic heterocycles. The Morgan fingerprint density at radius 1 is 1.13 bits per heavy atom. The van der Waals surface area contributed by atoms with Crippen molar-refractivity contribution in [2.24, 2.45) is 5.92 Å². The summed E-state index contributed by atoms with van der Waals surface area (Å²) in [6.45, 7) is 8.21. The minimum Gasteiger partial charge on any atom is -0.493 e. The van der Waals surface area contributed by atoms with Crippen molar-refractivity contribution >= 4 is 11.8 Å². The Labute approximate surface area is 184 Å². The number of likely N-dealkylation sites (tertiary alicyclic amines) is 2. The first-order valence-electron chi connectivity index (χ1n) is 11.2. The first-order chi connectivity index (χ1) is 15.0. The second-order valence-corrected chi connectivity index (χ2v) is 8.74. The summed E-state index contributed by atoms with van der Waals surface area (Å²) in [6.07, 6.45) is 5.01. The molecule has 1 unspecified atom stereocenters. The van der Waals surface area contributed by atoms with Crippen LogP contribution in [-0.2, 0) is 22.6 Å². The fourth-order valence-electron chi connectivity index (χ4n) is 5.20. The van der Waals surface area contributed by atoms with Crippen molar-refractivity contribution in [1.82, 2.24) is 14.7 Å². The highest BCUT2D eigenvalue weighted by Crippen LogP contribution is 2.34. The second-order valence-electron chi connectivity index (χ2n) is 8.74. The highest BCUT2D eigenvalue weighted by atomic mass is 16.5. The average Bonchev–Trinajstić information content (AvgIpc) is 3.17. The molecule has 1 atom stereocenters. The zero-order valence-corrected chi connectivity index (χ0v) is 18.6. The van der Waals surface area contributed by atoms with Gasteiger partial charge >= 0.3 is 0 Å². The third kappa shape index (κ3) is 4.42. The normalized spacial score (nSPS) is 22.4. The number of rotatable bonds is 6. The molecular formula is C24H33N3O4. The number of hydrogen-bond acceptors (Lipinski definition) is 5. The van der Waals surface area contributed by atoms with Crippen LogP contribution in [0.2, 0.25) is 0 Å². The molecule has 0 radical (unpaired) electrons. The maximum Gasteiger partial charge on any atom is 0.227 e. The van der Waals surface area contributed by atoms with E-state index >= 15 is 0 Å². The number of ether oxygens (including phenoxy) is 2. The molecule has 0 spiro atoms. The van der Waals surface area contributed by atoms with E-state index in [1.165, 1.54) is 11.1 Å². The molecule has 3 aliphatic rings. The zero-order chi connectivity index (χ0) is 22.0. The molecule has 7 heteroatoms. The van der Waals surface area contributed by atoms with Crippen LogP contribution in [0.5, 0.6) is 11.5 Å². The van der Waals surface area contributed by atoms with Crippen molar-refractivity contribution in [1.29, 1.82) is 0 Å². The molecule has 2 saturated heterocycles. The van der Waals surface area contributed by atoms with Gasteiger partial charge in [0.15, 0.2) is 11.5 Å². The minimum atomic E-state index is -0.201. The van der Waals surface area contributed by atoms with Gasteiger partial charge in [-0.25, -0.2) is 0 Å². The van der Waals surface area contributed by atoms with E-state index in [9.17, 15) is 9.59 Å². The van der Waals surface area contributed by atoms with E-state index in [2.05, 4.69) is 23.6 Å². The number of fused-ring (bicyclic) bond motifs is 1. The van der Waals surface area contributed by atoms with Gasteiger partial charge in [0.05, 0.1) is 20.1 Å². The van der Waals surface area contributed by atoms with Crippen molar-refractivity contribution < 1.29 is 19.1 Å². The highest BCUT2D eigenvalue weighted by molar-refractivity contribution is 5.89. The minimum absolute atomic E-state index is 0.0622. The summed E-state index contributed by atoms with van der Waals surface area (Å²) >= 11 is 0. The van der Waals surface area contributed by atoms with Crippen LogP contribution in [0, 0.1) is 5.92 Å². The van der Waals surface area contributed by atoms with Gasteiger partial charge in [0.1, 0.15) is 0 Å². The molecule has 0 N–H and O–H groups in total. The lowest BCUT2D eigenvalue weighted by atomic mass is 9.94. The standard InChI is InChI=1S/C24H33N3O4/c1-4-8-27-16-19(14-23(27)28)24(29)25-10-6-20(7-11-25)26-9-5-17-12-21(30-2)22(31-3)13-18(17)15-26/h4,12-13,19-20H,1,5-11,14-16H2,2-3H3. The molecule has 31 heavy (non-hydrogen) atoms. The summed E-state index contributed by atoms with van der Waals surface area (Å²) in [5.74, 6) is 1.57. The maximum atomic E-state index is 13.0. The molecule has 4 rings (SSSR count). The lowest BCUT2D eigenvalue weighted by molar-refractivity contribution is -0.137. The fraction of sp³-hybridized carbons (Fsp3) is 0.583. The van der Waals surface area contributed by atoms with Crippen molar-refractivity contribution in [3.05, 3.63) is 35.9 Å². The number of amides is 2. The van der Waals surface area contributed by atoms with E-state index in [0.29, 0.717) is 25.6 Å². The quantitative estimate of drug-likeness (QED) is 0.651. The average molecular weight is 428 g/mol.